The molecule has 0 amide bonds. The number of halogens is 1. The zero-order valence-electron chi connectivity index (χ0n) is 17.4. The normalized spacial score (nSPS) is 11.0. The summed E-state index contributed by atoms with van der Waals surface area (Å²) < 4.78 is 5.89. The SMILES string of the molecule is CCCOc1cc(C)ccc1CN=C(NCC)NCc1csc(N(C)C)n1.I. The Morgan fingerprint density at radius 3 is 2.68 bits per heavy atom. The van der Waals surface area contributed by atoms with Crippen LogP contribution >= 0.6 is 35.3 Å². The minimum atomic E-state index is 0. The Balaban J connectivity index is 0.00000392. The van der Waals surface area contributed by atoms with Crippen molar-refractivity contribution < 1.29 is 4.74 Å². The van der Waals surface area contributed by atoms with Gasteiger partial charge in [-0.2, -0.15) is 0 Å². The number of benzene rings is 1. The fourth-order valence-electron chi connectivity index (χ4n) is 2.40. The number of rotatable bonds is 9. The molecule has 0 fully saturated rings. The van der Waals surface area contributed by atoms with Crippen LogP contribution in [0.5, 0.6) is 5.75 Å². The highest BCUT2D eigenvalue weighted by Crippen LogP contribution is 2.21. The summed E-state index contributed by atoms with van der Waals surface area (Å²) in [6.07, 6.45) is 0.990. The number of nitrogens with zero attached hydrogens (tertiary/aromatic N) is 3. The van der Waals surface area contributed by atoms with Crippen LogP contribution in [-0.2, 0) is 13.1 Å². The number of guanidine groups is 1. The van der Waals surface area contributed by atoms with Crippen molar-refractivity contribution in [2.24, 2.45) is 4.99 Å². The van der Waals surface area contributed by atoms with Crippen molar-refractivity contribution in [2.45, 2.75) is 40.3 Å². The number of nitrogens with one attached hydrogen (secondary N) is 2. The van der Waals surface area contributed by atoms with E-state index in [4.69, 9.17) is 9.73 Å². The summed E-state index contributed by atoms with van der Waals surface area (Å²) in [5, 5.41) is 9.72. The fraction of sp³-hybridized carbons (Fsp3) is 0.500. The van der Waals surface area contributed by atoms with Crippen molar-refractivity contribution in [3.63, 3.8) is 0 Å². The number of aliphatic imine (C=N–C) groups is 1. The molecule has 0 aliphatic rings. The van der Waals surface area contributed by atoms with Crippen LogP contribution in [0.4, 0.5) is 5.13 Å². The molecule has 2 rings (SSSR count). The van der Waals surface area contributed by atoms with Crippen molar-refractivity contribution in [1.82, 2.24) is 15.6 Å². The number of hydrogen-bond acceptors (Lipinski definition) is 5. The molecule has 0 saturated heterocycles. The third-order valence-corrected chi connectivity index (χ3v) is 4.85. The van der Waals surface area contributed by atoms with E-state index in [1.807, 2.05) is 19.0 Å². The van der Waals surface area contributed by atoms with Crippen LogP contribution in [0.15, 0.2) is 28.6 Å². The van der Waals surface area contributed by atoms with E-state index in [-0.39, 0.29) is 24.0 Å². The average molecular weight is 517 g/mol. The Hall–Kier alpha value is -1.55. The van der Waals surface area contributed by atoms with Crippen LogP contribution in [0.25, 0.3) is 0 Å². The molecule has 8 heteroatoms. The smallest absolute Gasteiger partial charge is 0.191 e. The standard InChI is InChI=1S/C20H31N5OS.HI/c1-6-10-26-18-11-15(3)8-9-16(18)12-22-19(21-7-2)23-13-17-14-27-20(24-17)25(4)5;/h8-9,11,14H,6-7,10,12-13H2,1-5H3,(H2,21,22,23);1H. The molecule has 0 spiro atoms. The van der Waals surface area contributed by atoms with E-state index in [0.29, 0.717) is 13.1 Å². The van der Waals surface area contributed by atoms with Crippen LogP contribution in [0.1, 0.15) is 37.1 Å². The lowest BCUT2D eigenvalue weighted by molar-refractivity contribution is 0.314. The minimum absolute atomic E-state index is 0. The first-order chi connectivity index (χ1) is 13.0. The summed E-state index contributed by atoms with van der Waals surface area (Å²) in [6.45, 7) is 8.98. The molecule has 1 aromatic heterocycles. The fourth-order valence-corrected chi connectivity index (χ4v) is 3.16. The van der Waals surface area contributed by atoms with Gasteiger partial charge in [-0.05, 0) is 31.9 Å². The maximum absolute atomic E-state index is 5.89. The van der Waals surface area contributed by atoms with E-state index in [1.165, 1.54) is 5.56 Å². The summed E-state index contributed by atoms with van der Waals surface area (Å²) in [7, 11) is 4.00. The first-order valence-corrected chi connectivity index (χ1v) is 10.3. The van der Waals surface area contributed by atoms with Gasteiger partial charge in [-0.25, -0.2) is 9.98 Å². The highest BCUT2D eigenvalue weighted by molar-refractivity contribution is 14.0. The van der Waals surface area contributed by atoms with Gasteiger partial charge in [-0.15, -0.1) is 35.3 Å². The topological polar surface area (TPSA) is 61.8 Å². The van der Waals surface area contributed by atoms with Gasteiger partial charge in [0.1, 0.15) is 5.75 Å². The van der Waals surface area contributed by atoms with E-state index >= 15 is 0 Å². The van der Waals surface area contributed by atoms with Crippen molar-refractivity contribution >= 4 is 46.4 Å². The summed E-state index contributed by atoms with van der Waals surface area (Å²) >= 11 is 1.64. The highest BCUT2D eigenvalue weighted by Gasteiger charge is 2.07. The third kappa shape index (κ3) is 7.83. The average Bonchev–Trinajstić information content (AvgIpc) is 3.12. The lowest BCUT2D eigenvalue weighted by atomic mass is 10.1. The molecule has 1 heterocycles. The molecule has 0 radical (unpaired) electrons. The molecular formula is C20H32IN5OS. The minimum Gasteiger partial charge on any atom is -0.493 e. The summed E-state index contributed by atoms with van der Waals surface area (Å²) in [5.41, 5.74) is 3.30. The molecule has 156 valence electrons. The van der Waals surface area contributed by atoms with Gasteiger partial charge in [0, 0.05) is 31.6 Å². The molecule has 1 aromatic carbocycles. The zero-order valence-corrected chi connectivity index (χ0v) is 20.6. The van der Waals surface area contributed by atoms with Crippen molar-refractivity contribution in [3.8, 4) is 5.75 Å². The van der Waals surface area contributed by atoms with Gasteiger partial charge < -0.3 is 20.3 Å². The van der Waals surface area contributed by atoms with E-state index in [1.54, 1.807) is 11.3 Å². The second-order valence-corrected chi connectivity index (χ2v) is 7.36. The Bertz CT molecular complexity index is 748. The van der Waals surface area contributed by atoms with Gasteiger partial charge in [0.2, 0.25) is 0 Å². The number of anilines is 1. The molecule has 0 bridgehead atoms. The van der Waals surface area contributed by atoms with Gasteiger partial charge >= 0.3 is 0 Å². The lowest BCUT2D eigenvalue weighted by Gasteiger charge is -2.13. The van der Waals surface area contributed by atoms with Gasteiger partial charge in [0.25, 0.3) is 0 Å². The van der Waals surface area contributed by atoms with E-state index in [2.05, 4.69) is 60.0 Å². The van der Waals surface area contributed by atoms with Crippen LogP contribution in [0.2, 0.25) is 0 Å². The molecule has 0 saturated carbocycles. The maximum atomic E-state index is 5.89. The van der Waals surface area contributed by atoms with E-state index in [9.17, 15) is 0 Å². The van der Waals surface area contributed by atoms with E-state index in [0.717, 1.165) is 47.7 Å². The zero-order chi connectivity index (χ0) is 19.6. The number of thiazole rings is 1. The Kier molecular flexibility index (Phi) is 11.2. The molecular weight excluding hydrogens is 485 g/mol. The molecule has 0 aliphatic carbocycles. The highest BCUT2D eigenvalue weighted by atomic mass is 127. The number of aryl methyl sites for hydroxylation is 1. The van der Waals surface area contributed by atoms with Gasteiger partial charge in [0.15, 0.2) is 11.1 Å². The van der Waals surface area contributed by atoms with Gasteiger partial charge in [0.05, 0.1) is 25.4 Å². The number of hydrogen-bond donors (Lipinski definition) is 2. The second-order valence-electron chi connectivity index (χ2n) is 6.52. The molecule has 2 N–H and O–H groups in total. The molecule has 0 atom stereocenters. The van der Waals surface area contributed by atoms with Crippen LogP contribution in [-0.4, -0.2) is 38.2 Å². The number of aromatic nitrogens is 1. The van der Waals surface area contributed by atoms with Crippen LogP contribution in [0.3, 0.4) is 0 Å². The van der Waals surface area contributed by atoms with E-state index < -0.39 is 0 Å². The summed E-state index contributed by atoms with van der Waals surface area (Å²) in [4.78, 5) is 11.3. The molecule has 6 nitrogen and oxygen atoms in total. The van der Waals surface area contributed by atoms with Crippen molar-refractivity contribution in [3.05, 3.63) is 40.4 Å². The van der Waals surface area contributed by atoms with Gasteiger partial charge in [-0.3, -0.25) is 0 Å². The molecule has 0 unspecified atom stereocenters. The predicted molar refractivity (Wildman–Crippen MR) is 130 cm³/mol. The third-order valence-electron chi connectivity index (χ3n) is 3.80. The van der Waals surface area contributed by atoms with Crippen LogP contribution in [0, 0.1) is 6.92 Å². The first kappa shape index (κ1) is 24.5. The summed E-state index contributed by atoms with van der Waals surface area (Å²) in [6, 6.07) is 6.28. The molecule has 28 heavy (non-hydrogen) atoms. The van der Waals surface area contributed by atoms with Gasteiger partial charge in [-0.1, -0.05) is 19.1 Å². The Morgan fingerprint density at radius 2 is 2.04 bits per heavy atom. The first-order valence-electron chi connectivity index (χ1n) is 9.39. The Labute approximate surface area is 189 Å². The lowest BCUT2D eigenvalue weighted by Crippen LogP contribution is -2.36. The Morgan fingerprint density at radius 1 is 1.25 bits per heavy atom. The largest absolute Gasteiger partial charge is 0.493 e. The van der Waals surface area contributed by atoms with Crippen molar-refractivity contribution in [2.75, 3.05) is 32.1 Å². The maximum Gasteiger partial charge on any atom is 0.191 e. The quantitative estimate of drug-likeness (QED) is 0.297. The van der Waals surface area contributed by atoms with Crippen LogP contribution < -0.4 is 20.3 Å². The molecule has 2 aromatic rings. The second kappa shape index (κ2) is 12.8. The number of ether oxygens (including phenoxy) is 1. The predicted octanol–water partition coefficient (Wildman–Crippen LogP) is 4.18. The monoisotopic (exact) mass is 517 g/mol. The molecule has 0 aliphatic heterocycles. The summed E-state index contributed by atoms with van der Waals surface area (Å²) in [5.74, 6) is 1.70. The van der Waals surface area contributed by atoms with Crippen molar-refractivity contribution in [1.29, 1.82) is 0 Å².